The fourth-order valence-electron chi connectivity index (χ4n) is 3.26. The topological polar surface area (TPSA) is 110 Å². The number of anilines is 3. The number of aromatic nitrogens is 4. The number of hydrogen-bond donors (Lipinski definition) is 3. The van der Waals surface area contributed by atoms with Crippen LogP contribution in [0, 0.1) is 6.92 Å². The lowest BCUT2D eigenvalue weighted by Gasteiger charge is -2.11. The molecule has 4 rings (SSSR count). The van der Waals surface area contributed by atoms with Crippen LogP contribution in [-0.4, -0.2) is 31.3 Å². The average Bonchev–Trinajstić information content (AvgIpc) is 3.04. The first-order valence-corrected chi connectivity index (χ1v) is 9.67. The first kappa shape index (κ1) is 19.4. The van der Waals surface area contributed by atoms with E-state index in [0.717, 1.165) is 17.0 Å². The third-order valence-corrected chi connectivity index (χ3v) is 4.44. The molecule has 1 aromatic carbocycles. The van der Waals surface area contributed by atoms with Gasteiger partial charge in [-0.05, 0) is 51.1 Å². The Kier molecular flexibility index (Phi) is 5.05. The van der Waals surface area contributed by atoms with Crippen LogP contribution in [0.2, 0.25) is 0 Å². The van der Waals surface area contributed by atoms with E-state index in [1.54, 1.807) is 25.1 Å². The SMILES string of the molecule is Cc1nc(N)cc(-c2c(Nc3cccc(C(=O)NC(C)C)c3)nc3ccccn23)n1. The number of nitrogen functional groups attached to an aromatic ring is 1. The van der Waals surface area contributed by atoms with Crippen LogP contribution in [0.1, 0.15) is 30.0 Å². The third kappa shape index (κ3) is 3.93. The van der Waals surface area contributed by atoms with Crippen molar-refractivity contribution in [3.8, 4) is 11.4 Å². The molecule has 0 fully saturated rings. The van der Waals surface area contributed by atoms with Crippen LogP contribution in [0.25, 0.3) is 17.0 Å². The molecule has 0 aliphatic heterocycles. The van der Waals surface area contributed by atoms with E-state index in [1.165, 1.54) is 0 Å². The van der Waals surface area contributed by atoms with Gasteiger partial charge in [-0.3, -0.25) is 9.20 Å². The van der Waals surface area contributed by atoms with Crippen molar-refractivity contribution in [3.63, 3.8) is 0 Å². The van der Waals surface area contributed by atoms with Crippen molar-refractivity contribution in [2.24, 2.45) is 0 Å². The van der Waals surface area contributed by atoms with Crippen LogP contribution in [0.15, 0.2) is 54.7 Å². The summed E-state index contributed by atoms with van der Waals surface area (Å²) < 4.78 is 1.94. The summed E-state index contributed by atoms with van der Waals surface area (Å²) in [7, 11) is 0. The molecule has 0 unspecified atom stereocenters. The third-order valence-electron chi connectivity index (χ3n) is 4.44. The predicted octanol–water partition coefficient (Wildman–Crippen LogP) is 3.56. The number of carbonyl (C=O) groups excluding carboxylic acids is 1. The summed E-state index contributed by atoms with van der Waals surface area (Å²) in [5.74, 6) is 1.46. The maximum absolute atomic E-state index is 12.4. The van der Waals surface area contributed by atoms with E-state index in [2.05, 4.69) is 20.6 Å². The number of hydrogen-bond acceptors (Lipinski definition) is 6. The van der Waals surface area contributed by atoms with Gasteiger partial charge in [-0.2, -0.15) is 0 Å². The number of imidazole rings is 1. The maximum Gasteiger partial charge on any atom is 0.251 e. The molecule has 152 valence electrons. The zero-order valence-corrected chi connectivity index (χ0v) is 17.0. The number of nitrogens with one attached hydrogen (secondary N) is 2. The van der Waals surface area contributed by atoms with Gasteiger partial charge in [0, 0.05) is 29.6 Å². The number of rotatable bonds is 5. The quantitative estimate of drug-likeness (QED) is 0.472. The molecular formula is C22H23N7O. The van der Waals surface area contributed by atoms with Gasteiger partial charge in [0.15, 0.2) is 5.82 Å². The van der Waals surface area contributed by atoms with Gasteiger partial charge < -0.3 is 16.4 Å². The molecule has 8 nitrogen and oxygen atoms in total. The van der Waals surface area contributed by atoms with Crippen LogP contribution < -0.4 is 16.4 Å². The molecule has 0 spiro atoms. The molecule has 0 atom stereocenters. The minimum absolute atomic E-state index is 0.0608. The summed E-state index contributed by atoms with van der Waals surface area (Å²) in [5.41, 5.74) is 9.46. The molecule has 1 amide bonds. The lowest BCUT2D eigenvalue weighted by atomic mass is 10.1. The van der Waals surface area contributed by atoms with E-state index >= 15 is 0 Å². The molecule has 0 aliphatic rings. The highest BCUT2D eigenvalue weighted by atomic mass is 16.1. The van der Waals surface area contributed by atoms with Crippen LogP contribution in [-0.2, 0) is 0 Å². The summed E-state index contributed by atoms with van der Waals surface area (Å²) in [6.07, 6.45) is 1.92. The Labute approximate surface area is 174 Å². The highest BCUT2D eigenvalue weighted by Crippen LogP contribution is 2.31. The Morgan fingerprint density at radius 1 is 1.07 bits per heavy atom. The van der Waals surface area contributed by atoms with Gasteiger partial charge in [-0.1, -0.05) is 12.1 Å². The summed E-state index contributed by atoms with van der Waals surface area (Å²) in [6, 6.07) is 14.8. The second-order valence-electron chi connectivity index (χ2n) is 7.30. The Morgan fingerprint density at radius 3 is 2.67 bits per heavy atom. The molecule has 0 saturated carbocycles. The number of fused-ring (bicyclic) bond motifs is 1. The largest absolute Gasteiger partial charge is 0.384 e. The smallest absolute Gasteiger partial charge is 0.251 e. The van der Waals surface area contributed by atoms with Crippen LogP contribution in [0.5, 0.6) is 0 Å². The van der Waals surface area contributed by atoms with Crippen LogP contribution in [0.4, 0.5) is 17.3 Å². The summed E-state index contributed by atoms with van der Waals surface area (Å²) in [4.78, 5) is 25.8. The summed E-state index contributed by atoms with van der Waals surface area (Å²) in [6.45, 7) is 5.66. The first-order valence-electron chi connectivity index (χ1n) is 9.67. The molecule has 0 radical (unpaired) electrons. The zero-order valence-electron chi connectivity index (χ0n) is 17.0. The van der Waals surface area contributed by atoms with E-state index in [4.69, 9.17) is 10.7 Å². The predicted molar refractivity (Wildman–Crippen MR) is 118 cm³/mol. The van der Waals surface area contributed by atoms with E-state index in [-0.39, 0.29) is 11.9 Å². The van der Waals surface area contributed by atoms with Gasteiger partial charge in [0.1, 0.15) is 23.0 Å². The van der Waals surface area contributed by atoms with Gasteiger partial charge in [0.25, 0.3) is 5.91 Å². The number of aryl methyl sites for hydroxylation is 1. The molecular weight excluding hydrogens is 378 g/mol. The van der Waals surface area contributed by atoms with Gasteiger partial charge >= 0.3 is 0 Å². The summed E-state index contributed by atoms with van der Waals surface area (Å²) >= 11 is 0. The van der Waals surface area contributed by atoms with Gasteiger partial charge in [0.2, 0.25) is 0 Å². The number of nitrogens with two attached hydrogens (primary N) is 1. The first-order chi connectivity index (χ1) is 14.4. The minimum Gasteiger partial charge on any atom is -0.384 e. The second-order valence-corrected chi connectivity index (χ2v) is 7.30. The lowest BCUT2D eigenvalue weighted by molar-refractivity contribution is 0.0943. The van der Waals surface area contributed by atoms with Gasteiger partial charge in [0.05, 0.1) is 5.69 Å². The Balaban J connectivity index is 1.78. The molecule has 0 saturated heterocycles. The van der Waals surface area contributed by atoms with Gasteiger partial charge in [-0.15, -0.1) is 0 Å². The number of pyridine rings is 1. The number of amides is 1. The van der Waals surface area contributed by atoms with Crippen molar-refractivity contribution in [1.82, 2.24) is 24.7 Å². The van der Waals surface area contributed by atoms with Crippen molar-refractivity contribution in [2.75, 3.05) is 11.1 Å². The number of benzene rings is 1. The zero-order chi connectivity index (χ0) is 21.3. The average molecular weight is 401 g/mol. The summed E-state index contributed by atoms with van der Waals surface area (Å²) in [5, 5.41) is 6.24. The highest BCUT2D eigenvalue weighted by molar-refractivity contribution is 5.95. The Bertz CT molecular complexity index is 1210. The van der Waals surface area contributed by atoms with Crippen LogP contribution in [0.3, 0.4) is 0 Å². The molecule has 3 heterocycles. The molecule has 8 heteroatoms. The van der Waals surface area contributed by atoms with E-state index in [1.807, 2.05) is 54.8 Å². The minimum atomic E-state index is -0.122. The van der Waals surface area contributed by atoms with Gasteiger partial charge in [-0.25, -0.2) is 15.0 Å². The number of carbonyl (C=O) groups is 1. The molecule has 0 bridgehead atoms. The second kappa shape index (κ2) is 7.82. The van der Waals surface area contributed by atoms with Crippen molar-refractivity contribution in [2.45, 2.75) is 26.8 Å². The van der Waals surface area contributed by atoms with E-state index < -0.39 is 0 Å². The highest BCUT2D eigenvalue weighted by Gasteiger charge is 2.17. The maximum atomic E-state index is 12.4. The lowest BCUT2D eigenvalue weighted by Crippen LogP contribution is -2.30. The van der Waals surface area contributed by atoms with Crippen molar-refractivity contribution >= 4 is 28.9 Å². The Morgan fingerprint density at radius 2 is 1.90 bits per heavy atom. The fourth-order valence-corrected chi connectivity index (χ4v) is 3.26. The fraction of sp³-hybridized carbons (Fsp3) is 0.182. The standard InChI is InChI=1S/C22H23N7O/c1-13(2)24-22(30)15-7-6-8-16(11-15)27-21-20(17-12-18(23)26-14(3)25-17)29-10-5-4-9-19(29)28-21/h4-13,27H,1-3H3,(H,24,30)(H2,23,25,26). The van der Waals surface area contributed by atoms with E-state index in [0.29, 0.717) is 28.7 Å². The van der Waals surface area contributed by atoms with E-state index in [9.17, 15) is 4.79 Å². The Hall–Kier alpha value is -3.94. The normalized spacial score (nSPS) is 11.1. The van der Waals surface area contributed by atoms with Crippen LogP contribution >= 0.6 is 0 Å². The molecule has 0 aliphatic carbocycles. The number of nitrogens with zero attached hydrogens (tertiary/aromatic N) is 4. The molecule has 4 N–H and O–H groups in total. The molecule has 4 aromatic rings. The molecule has 3 aromatic heterocycles. The monoisotopic (exact) mass is 401 g/mol. The van der Waals surface area contributed by atoms with Crippen molar-refractivity contribution in [3.05, 3.63) is 66.1 Å². The van der Waals surface area contributed by atoms with Crippen molar-refractivity contribution < 1.29 is 4.79 Å². The molecule has 30 heavy (non-hydrogen) atoms. The van der Waals surface area contributed by atoms with Crippen molar-refractivity contribution in [1.29, 1.82) is 0 Å².